The fraction of sp³-hybridized carbons (Fsp3) is 0.188. The van der Waals surface area contributed by atoms with Crippen LogP contribution in [0.4, 0.5) is 5.69 Å². The summed E-state index contributed by atoms with van der Waals surface area (Å²) in [4.78, 5) is 13.5. The molecule has 0 aliphatic heterocycles. The Balaban J connectivity index is 2.43. The zero-order valence-electron chi connectivity index (χ0n) is 11.8. The standard InChI is InChI=1S/C16H17NO2S/c1-11-15(19-3)10-9-14(17-12(2)18)16(11)20-13-7-5-4-6-8-13/h4-10H,1-3H3,(H,17,18). The van der Waals surface area contributed by atoms with E-state index in [-0.39, 0.29) is 5.91 Å². The average Bonchev–Trinajstić information content (AvgIpc) is 2.44. The molecule has 2 aromatic carbocycles. The molecular weight excluding hydrogens is 270 g/mol. The number of anilines is 1. The maximum Gasteiger partial charge on any atom is 0.221 e. The van der Waals surface area contributed by atoms with Gasteiger partial charge in [0.1, 0.15) is 5.75 Å². The molecule has 2 aromatic rings. The topological polar surface area (TPSA) is 38.3 Å². The van der Waals surface area contributed by atoms with Crippen LogP contribution in [0.1, 0.15) is 12.5 Å². The average molecular weight is 287 g/mol. The van der Waals surface area contributed by atoms with Gasteiger partial charge < -0.3 is 10.1 Å². The zero-order valence-corrected chi connectivity index (χ0v) is 12.6. The van der Waals surface area contributed by atoms with Crippen molar-refractivity contribution < 1.29 is 9.53 Å². The largest absolute Gasteiger partial charge is 0.496 e. The van der Waals surface area contributed by atoms with Crippen LogP contribution in [0.15, 0.2) is 52.3 Å². The van der Waals surface area contributed by atoms with E-state index in [1.165, 1.54) is 6.92 Å². The number of hydrogen-bond acceptors (Lipinski definition) is 3. The van der Waals surface area contributed by atoms with Gasteiger partial charge in [-0.1, -0.05) is 30.0 Å². The van der Waals surface area contributed by atoms with Gasteiger partial charge in [-0.25, -0.2) is 0 Å². The molecule has 20 heavy (non-hydrogen) atoms. The van der Waals surface area contributed by atoms with Crippen LogP contribution in [0.2, 0.25) is 0 Å². The van der Waals surface area contributed by atoms with Crippen LogP contribution in [0.3, 0.4) is 0 Å². The molecule has 0 aromatic heterocycles. The molecule has 1 amide bonds. The summed E-state index contributed by atoms with van der Waals surface area (Å²) >= 11 is 1.62. The number of nitrogens with one attached hydrogen (secondary N) is 1. The van der Waals surface area contributed by atoms with Gasteiger partial charge in [0.15, 0.2) is 0 Å². The lowest BCUT2D eigenvalue weighted by Gasteiger charge is -2.15. The maximum atomic E-state index is 11.3. The van der Waals surface area contributed by atoms with Crippen molar-refractivity contribution in [3.8, 4) is 5.75 Å². The Morgan fingerprint density at radius 2 is 1.85 bits per heavy atom. The molecule has 0 spiro atoms. The van der Waals surface area contributed by atoms with Crippen molar-refractivity contribution in [2.75, 3.05) is 12.4 Å². The van der Waals surface area contributed by atoms with Crippen LogP contribution in [-0.4, -0.2) is 13.0 Å². The van der Waals surface area contributed by atoms with E-state index >= 15 is 0 Å². The molecule has 104 valence electrons. The lowest BCUT2D eigenvalue weighted by Crippen LogP contribution is -2.07. The molecule has 0 heterocycles. The molecule has 2 rings (SSSR count). The molecule has 0 saturated carbocycles. The second-order valence-corrected chi connectivity index (χ2v) is 5.45. The van der Waals surface area contributed by atoms with E-state index in [4.69, 9.17) is 4.74 Å². The first-order chi connectivity index (χ1) is 9.61. The third-order valence-corrected chi connectivity index (χ3v) is 4.09. The number of methoxy groups -OCH3 is 1. The summed E-state index contributed by atoms with van der Waals surface area (Å²) in [6.45, 7) is 3.51. The fourth-order valence-electron chi connectivity index (χ4n) is 1.92. The number of rotatable bonds is 4. The zero-order chi connectivity index (χ0) is 14.5. The maximum absolute atomic E-state index is 11.3. The normalized spacial score (nSPS) is 10.2. The van der Waals surface area contributed by atoms with Gasteiger partial charge in [0, 0.05) is 22.3 Å². The summed E-state index contributed by atoms with van der Waals surface area (Å²) in [6.07, 6.45) is 0. The molecular formula is C16H17NO2S. The predicted molar refractivity (Wildman–Crippen MR) is 82.6 cm³/mol. The van der Waals surface area contributed by atoms with Gasteiger partial charge in [-0.3, -0.25) is 4.79 Å². The van der Waals surface area contributed by atoms with E-state index in [0.29, 0.717) is 0 Å². The van der Waals surface area contributed by atoms with Gasteiger partial charge in [0.2, 0.25) is 5.91 Å². The highest BCUT2D eigenvalue weighted by atomic mass is 32.2. The summed E-state index contributed by atoms with van der Waals surface area (Å²) < 4.78 is 5.36. The van der Waals surface area contributed by atoms with Gasteiger partial charge in [-0.15, -0.1) is 0 Å². The van der Waals surface area contributed by atoms with E-state index in [0.717, 1.165) is 26.8 Å². The highest BCUT2D eigenvalue weighted by Crippen LogP contribution is 2.39. The van der Waals surface area contributed by atoms with Crippen LogP contribution < -0.4 is 10.1 Å². The first kappa shape index (κ1) is 14.5. The van der Waals surface area contributed by atoms with Crippen LogP contribution in [0.25, 0.3) is 0 Å². The first-order valence-electron chi connectivity index (χ1n) is 6.30. The Kier molecular flexibility index (Phi) is 4.69. The molecule has 1 N–H and O–H groups in total. The highest BCUT2D eigenvalue weighted by molar-refractivity contribution is 7.99. The van der Waals surface area contributed by atoms with Crippen LogP contribution >= 0.6 is 11.8 Å². The van der Waals surface area contributed by atoms with Crippen molar-refractivity contribution in [2.45, 2.75) is 23.6 Å². The summed E-state index contributed by atoms with van der Waals surface area (Å²) in [6, 6.07) is 13.8. The van der Waals surface area contributed by atoms with E-state index < -0.39 is 0 Å². The van der Waals surface area contributed by atoms with Crippen molar-refractivity contribution in [3.63, 3.8) is 0 Å². The Bertz CT molecular complexity index is 611. The third kappa shape index (κ3) is 3.33. The highest BCUT2D eigenvalue weighted by Gasteiger charge is 2.13. The Hall–Kier alpha value is -1.94. The van der Waals surface area contributed by atoms with E-state index in [1.54, 1.807) is 18.9 Å². The quantitative estimate of drug-likeness (QED) is 0.919. The Labute approximate surface area is 123 Å². The number of carbonyl (C=O) groups excluding carboxylic acids is 1. The molecule has 3 nitrogen and oxygen atoms in total. The van der Waals surface area contributed by atoms with Crippen molar-refractivity contribution >= 4 is 23.4 Å². The van der Waals surface area contributed by atoms with Crippen molar-refractivity contribution in [3.05, 3.63) is 48.0 Å². The summed E-state index contributed by atoms with van der Waals surface area (Å²) in [5.74, 6) is 0.738. The minimum atomic E-state index is -0.0792. The third-order valence-electron chi connectivity index (χ3n) is 2.85. The van der Waals surface area contributed by atoms with Crippen LogP contribution in [0, 0.1) is 6.92 Å². The van der Waals surface area contributed by atoms with Gasteiger partial charge in [-0.05, 0) is 31.2 Å². The minimum absolute atomic E-state index is 0.0792. The lowest BCUT2D eigenvalue weighted by molar-refractivity contribution is -0.114. The second-order valence-electron chi connectivity index (χ2n) is 4.37. The van der Waals surface area contributed by atoms with Crippen molar-refractivity contribution in [2.24, 2.45) is 0 Å². The number of ether oxygens (including phenoxy) is 1. The molecule has 0 aliphatic carbocycles. The molecule has 0 atom stereocenters. The first-order valence-corrected chi connectivity index (χ1v) is 7.11. The van der Waals surface area contributed by atoms with Gasteiger partial charge in [0.05, 0.1) is 12.8 Å². The van der Waals surface area contributed by atoms with Gasteiger partial charge >= 0.3 is 0 Å². The van der Waals surface area contributed by atoms with Gasteiger partial charge in [0.25, 0.3) is 0 Å². The SMILES string of the molecule is COc1ccc(NC(C)=O)c(Sc2ccccc2)c1C. The molecule has 4 heteroatoms. The summed E-state index contributed by atoms with van der Waals surface area (Å²) in [5.41, 5.74) is 1.83. The van der Waals surface area contributed by atoms with E-state index in [2.05, 4.69) is 5.32 Å². The van der Waals surface area contributed by atoms with E-state index in [1.807, 2.05) is 49.4 Å². The van der Waals surface area contributed by atoms with Crippen LogP contribution in [0.5, 0.6) is 5.75 Å². The monoisotopic (exact) mass is 287 g/mol. The molecule has 0 bridgehead atoms. The number of amides is 1. The van der Waals surface area contributed by atoms with Crippen LogP contribution in [-0.2, 0) is 4.79 Å². The molecule has 0 radical (unpaired) electrons. The molecule has 0 saturated heterocycles. The molecule has 0 aliphatic rings. The Morgan fingerprint density at radius 1 is 1.15 bits per heavy atom. The molecule has 0 fully saturated rings. The van der Waals surface area contributed by atoms with Crippen molar-refractivity contribution in [1.82, 2.24) is 0 Å². The fourth-order valence-corrected chi connectivity index (χ4v) is 2.93. The smallest absolute Gasteiger partial charge is 0.221 e. The summed E-state index contributed by atoms with van der Waals surface area (Å²) in [7, 11) is 1.65. The number of carbonyl (C=O) groups is 1. The van der Waals surface area contributed by atoms with Gasteiger partial charge in [-0.2, -0.15) is 0 Å². The number of hydrogen-bond donors (Lipinski definition) is 1. The predicted octanol–water partition coefficient (Wildman–Crippen LogP) is 4.11. The lowest BCUT2D eigenvalue weighted by atomic mass is 10.2. The second kappa shape index (κ2) is 6.48. The Morgan fingerprint density at radius 3 is 2.45 bits per heavy atom. The van der Waals surface area contributed by atoms with E-state index in [9.17, 15) is 4.79 Å². The molecule has 0 unspecified atom stereocenters. The minimum Gasteiger partial charge on any atom is -0.496 e. The number of benzene rings is 2. The summed E-state index contributed by atoms with van der Waals surface area (Å²) in [5, 5.41) is 2.87. The van der Waals surface area contributed by atoms with Crippen molar-refractivity contribution in [1.29, 1.82) is 0 Å².